The number of hydrogen-bond acceptors (Lipinski definition) is 1. The van der Waals surface area contributed by atoms with Crippen LogP contribution in [0.25, 0.3) is 0 Å². The fourth-order valence-electron chi connectivity index (χ4n) is 2.65. The largest absolute Gasteiger partial charge is 0.394 e. The number of hydrogen-bond donors (Lipinski definition) is 1. The van der Waals surface area contributed by atoms with Crippen molar-refractivity contribution in [2.24, 2.45) is 5.41 Å². The minimum absolute atomic E-state index is 0. The fraction of sp³-hybridized carbons (Fsp3) is 1.00. The lowest BCUT2D eigenvalue weighted by atomic mass is 9.39. The molecule has 5 heteroatoms. The van der Waals surface area contributed by atoms with Gasteiger partial charge in [-0.1, -0.05) is 6.92 Å². The molecule has 0 atom stereocenters. The zero-order valence-corrected chi connectivity index (χ0v) is 8.19. The predicted octanol–water partition coefficient (Wildman–Crippen LogP) is 2.50. The highest BCUT2D eigenvalue weighted by molar-refractivity contribution is 5.85. The van der Waals surface area contributed by atoms with Crippen LogP contribution < -0.4 is 5.32 Å². The van der Waals surface area contributed by atoms with Crippen LogP contribution in [0.4, 0.5) is 13.2 Å². The first-order valence-electron chi connectivity index (χ1n) is 4.25. The molecule has 1 N–H and O–H groups in total. The summed E-state index contributed by atoms with van der Waals surface area (Å²) in [6.07, 6.45) is -3.06. The Labute approximate surface area is 81.5 Å². The van der Waals surface area contributed by atoms with Crippen molar-refractivity contribution in [2.45, 2.75) is 37.9 Å². The zero-order chi connectivity index (χ0) is 9.04. The lowest BCUT2D eigenvalue weighted by Crippen LogP contribution is -2.78. The van der Waals surface area contributed by atoms with Gasteiger partial charge < -0.3 is 5.32 Å². The molecule has 3 fully saturated rings. The monoisotopic (exact) mass is 215 g/mol. The van der Waals surface area contributed by atoms with Crippen LogP contribution in [0.3, 0.4) is 0 Å². The van der Waals surface area contributed by atoms with Gasteiger partial charge in [-0.25, -0.2) is 0 Å². The van der Waals surface area contributed by atoms with Crippen LogP contribution >= 0.6 is 12.4 Å². The van der Waals surface area contributed by atoms with E-state index in [0.717, 1.165) is 6.54 Å². The van der Waals surface area contributed by atoms with Crippen LogP contribution in [0.15, 0.2) is 0 Å². The van der Waals surface area contributed by atoms with E-state index in [1.807, 2.05) is 6.92 Å². The second-order valence-electron chi connectivity index (χ2n) is 4.12. The molecule has 0 aromatic rings. The molecule has 0 aromatic heterocycles. The molecule has 78 valence electrons. The Bertz CT molecular complexity index is 194. The van der Waals surface area contributed by atoms with Crippen LogP contribution in [0, 0.1) is 5.41 Å². The summed E-state index contributed by atoms with van der Waals surface area (Å²) in [4.78, 5) is 0. The molecule has 0 spiro atoms. The van der Waals surface area contributed by atoms with Crippen molar-refractivity contribution in [3.05, 3.63) is 0 Å². The van der Waals surface area contributed by atoms with Crippen molar-refractivity contribution in [3.63, 3.8) is 0 Å². The van der Waals surface area contributed by atoms with Crippen molar-refractivity contribution in [3.8, 4) is 0 Å². The van der Waals surface area contributed by atoms with Crippen LogP contribution in [-0.2, 0) is 0 Å². The SMILES string of the molecule is CCNC12CC(C(F)(F)F)(C1)C2.Cl. The first-order valence-corrected chi connectivity index (χ1v) is 4.25. The second-order valence-corrected chi connectivity index (χ2v) is 4.12. The highest BCUT2D eigenvalue weighted by Crippen LogP contribution is 2.73. The highest BCUT2D eigenvalue weighted by atomic mass is 35.5. The summed E-state index contributed by atoms with van der Waals surface area (Å²) >= 11 is 0. The molecule has 0 saturated heterocycles. The summed E-state index contributed by atoms with van der Waals surface area (Å²) in [5, 5.41) is 3.12. The molecule has 3 aliphatic rings. The molecule has 3 rings (SSSR count). The Kier molecular flexibility index (Phi) is 2.36. The van der Waals surface area contributed by atoms with Crippen molar-refractivity contribution >= 4 is 12.4 Å². The van der Waals surface area contributed by atoms with E-state index in [0.29, 0.717) is 19.3 Å². The Morgan fingerprint density at radius 3 is 2.00 bits per heavy atom. The van der Waals surface area contributed by atoms with Crippen molar-refractivity contribution < 1.29 is 13.2 Å². The van der Waals surface area contributed by atoms with E-state index in [2.05, 4.69) is 5.32 Å². The molecule has 0 aliphatic heterocycles. The average Bonchev–Trinajstić information content (AvgIpc) is 1.70. The second kappa shape index (κ2) is 2.76. The molecule has 0 amide bonds. The first-order chi connectivity index (χ1) is 5.43. The van der Waals surface area contributed by atoms with E-state index in [4.69, 9.17) is 0 Å². The summed E-state index contributed by atoms with van der Waals surface area (Å²) in [6, 6.07) is 0. The molecule has 1 nitrogen and oxygen atoms in total. The summed E-state index contributed by atoms with van der Waals surface area (Å²) in [7, 11) is 0. The maximum absolute atomic E-state index is 12.3. The third-order valence-corrected chi connectivity index (χ3v) is 3.18. The van der Waals surface area contributed by atoms with Gasteiger partial charge in [0.25, 0.3) is 0 Å². The normalized spacial score (nSPS) is 41.5. The Balaban J connectivity index is 0.000000845. The van der Waals surface area contributed by atoms with Gasteiger partial charge in [0.2, 0.25) is 0 Å². The summed E-state index contributed by atoms with van der Waals surface area (Å²) < 4.78 is 36.9. The van der Waals surface area contributed by atoms with Crippen LogP contribution in [0.1, 0.15) is 26.2 Å². The highest BCUT2D eigenvalue weighted by Gasteiger charge is 2.78. The molecule has 3 aliphatic carbocycles. The minimum atomic E-state index is -3.97. The average molecular weight is 216 g/mol. The third kappa shape index (κ3) is 1.26. The van der Waals surface area contributed by atoms with E-state index in [9.17, 15) is 13.2 Å². The lowest BCUT2D eigenvalue weighted by Gasteiger charge is -2.70. The molecule has 2 bridgehead atoms. The molecule has 0 heterocycles. The number of halogens is 4. The number of rotatable bonds is 2. The van der Waals surface area contributed by atoms with Gasteiger partial charge in [0.05, 0.1) is 5.41 Å². The maximum atomic E-state index is 12.3. The molecular formula is C8H13ClF3N. The van der Waals surface area contributed by atoms with E-state index >= 15 is 0 Å². The van der Waals surface area contributed by atoms with Gasteiger partial charge in [-0.3, -0.25) is 0 Å². The van der Waals surface area contributed by atoms with Gasteiger partial charge in [0, 0.05) is 5.54 Å². The summed E-state index contributed by atoms with van der Waals surface area (Å²) in [5.41, 5.74) is -1.43. The van der Waals surface area contributed by atoms with Gasteiger partial charge in [-0.2, -0.15) is 13.2 Å². The fourth-order valence-corrected chi connectivity index (χ4v) is 2.65. The number of nitrogens with one attached hydrogen (secondary N) is 1. The molecule has 3 saturated carbocycles. The van der Waals surface area contributed by atoms with Crippen molar-refractivity contribution in [1.82, 2.24) is 5.32 Å². The lowest BCUT2D eigenvalue weighted by molar-refractivity contribution is -0.339. The smallest absolute Gasteiger partial charge is 0.311 e. The maximum Gasteiger partial charge on any atom is 0.394 e. The summed E-state index contributed by atoms with van der Waals surface area (Å²) in [6.45, 7) is 2.70. The van der Waals surface area contributed by atoms with Crippen molar-refractivity contribution in [1.29, 1.82) is 0 Å². The van der Waals surface area contributed by atoms with E-state index in [-0.39, 0.29) is 17.9 Å². The Morgan fingerprint density at radius 2 is 1.69 bits per heavy atom. The van der Waals surface area contributed by atoms with Crippen LogP contribution in [0.2, 0.25) is 0 Å². The van der Waals surface area contributed by atoms with Gasteiger partial charge in [-0.05, 0) is 25.8 Å². The Morgan fingerprint density at radius 1 is 1.23 bits per heavy atom. The van der Waals surface area contributed by atoms with E-state index < -0.39 is 11.6 Å². The van der Waals surface area contributed by atoms with Gasteiger partial charge >= 0.3 is 6.18 Å². The summed E-state index contributed by atoms with van der Waals surface area (Å²) in [5.74, 6) is 0. The van der Waals surface area contributed by atoms with E-state index in [1.165, 1.54) is 0 Å². The molecule has 0 unspecified atom stereocenters. The van der Waals surface area contributed by atoms with Crippen LogP contribution in [0.5, 0.6) is 0 Å². The predicted molar refractivity (Wildman–Crippen MR) is 46.0 cm³/mol. The van der Waals surface area contributed by atoms with Gasteiger partial charge in [0.15, 0.2) is 0 Å². The standard InChI is InChI=1S/C8H12F3N.ClH/c1-2-12-7-3-6(4-7,5-7)8(9,10)11;/h12H,2-5H2,1H3;1H. The van der Waals surface area contributed by atoms with Crippen molar-refractivity contribution in [2.75, 3.05) is 6.54 Å². The quantitative estimate of drug-likeness (QED) is 0.747. The third-order valence-electron chi connectivity index (χ3n) is 3.18. The Hall–Kier alpha value is 0.0400. The van der Waals surface area contributed by atoms with E-state index in [1.54, 1.807) is 0 Å². The molecular weight excluding hydrogens is 203 g/mol. The topological polar surface area (TPSA) is 12.0 Å². The first kappa shape index (κ1) is 11.1. The molecule has 0 aromatic carbocycles. The number of alkyl halides is 3. The molecule has 0 radical (unpaired) electrons. The van der Waals surface area contributed by atoms with Gasteiger partial charge in [-0.15, -0.1) is 12.4 Å². The van der Waals surface area contributed by atoms with Crippen LogP contribution in [-0.4, -0.2) is 18.3 Å². The molecule has 13 heavy (non-hydrogen) atoms. The van der Waals surface area contributed by atoms with Gasteiger partial charge in [0.1, 0.15) is 0 Å². The zero-order valence-electron chi connectivity index (χ0n) is 7.37. The minimum Gasteiger partial charge on any atom is -0.311 e.